The van der Waals surface area contributed by atoms with Crippen molar-refractivity contribution in [2.75, 3.05) is 6.61 Å². The van der Waals surface area contributed by atoms with Gasteiger partial charge < -0.3 is 8.99 Å². The maximum absolute atomic E-state index is 6.25. The molecule has 3 nitrogen and oxygen atoms in total. The van der Waals surface area contributed by atoms with Gasteiger partial charge in [0.15, 0.2) is 8.32 Å². The molecule has 4 heteroatoms. The van der Waals surface area contributed by atoms with E-state index in [4.69, 9.17) is 4.43 Å². The zero-order valence-corrected chi connectivity index (χ0v) is 14.8. The van der Waals surface area contributed by atoms with Crippen molar-refractivity contribution in [3.63, 3.8) is 0 Å². The number of hydrogen-bond donors (Lipinski definition) is 0. The van der Waals surface area contributed by atoms with E-state index in [0.29, 0.717) is 0 Å². The topological polar surface area (TPSA) is 27.1 Å². The molecule has 0 spiro atoms. The summed E-state index contributed by atoms with van der Waals surface area (Å²) in [6, 6.07) is 10.3. The highest BCUT2D eigenvalue weighted by Crippen LogP contribution is 2.36. The molecule has 0 fully saturated rings. The maximum atomic E-state index is 6.25. The average Bonchev–Trinajstić information content (AvgIpc) is 2.86. The Morgan fingerprint density at radius 1 is 1.14 bits per heavy atom. The van der Waals surface area contributed by atoms with Crippen LogP contribution in [0.25, 0.3) is 11.4 Å². The summed E-state index contributed by atoms with van der Waals surface area (Å²) < 4.78 is 8.42. The van der Waals surface area contributed by atoms with Gasteiger partial charge in [-0.3, -0.25) is 0 Å². The third kappa shape index (κ3) is 3.83. The first kappa shape index (κ1) is 16.0. The molecule has 0 bridgehead atoms. The molecule has 0 aliphatic heterocycles. The second-order valence-corrected chi connectivity index (χ2v) is 11.7. The van der Waals surface area contributed by atoms with Crippen LogP contribution in [0.4, 0.5) is 0 Å². The van der Waals surface area contributed by atoms with Crippen LogP contribution in [0.2, 0.25) is 18.1 Å². The molecule has 0 radical (unpaired) electrons. The molecule has 21 heavy (non-hydrogen) atoms. The number of benzene rings is 1. The van der Waals surface area contributed by atoms with Crippen LogP contribution in [-0.4, -0.2) is 24.5 Å². The van der Waals surface area contributed by atoms with Crippen LogP contribution in [0, 0.1) is 0 Å². The third-order valence-electron chi connectivity index (χ3n) is 4.35. The van der Waals surface area contributed by atoms with Gasteiger partial charge in [0.05, 0.1) is 6.61 Å². The number of nitrogens with zero attached hydrogens (tertiary/aromatic N) is 2. The SMILES string of the molecule is CC(C)(C)[Si](C)(C)OCCn1ccnc1-c1ccccc1. The number of rotatable bonds is 5. The van der Waals surface area contributed by atoms with Crippen molar-refractivity contribution in [1.29, 1.82) is 0 Å². The highest BCUT2D eigenvalue weighted by molar-refractivity contribution is 6.74. The minimum Gasteiger partial charge on any atom is -0.415 e. The first-order valence-electron chi connectivity index (χ1n) is 7.52. The van der Waals surface area contributed by atoms with Gasteiger partial charge in [-0.15, -0.1) is 0 Å². The lowest BCUT2D eigenvalue weighted by Gasteiger charge is -2.36. The molecular formula is C17H26N2OSi. The van der Waals surface area contributed by atoms with Gasteiger partial charge in [-0.1, -0.05) is 51.1 Å². The van der Waals surface area contributed by atoms with Crippen LogP contribution in [0.5, 0.6) is 0 Å². The van der Waals surface area contributed by atoms with Crippen LogP contribution in [-0.2, 0) is 11.0 Å². The standard InChI is InChI=1S/C17H26N2OSi/c1-17(2,3)21(4,5)20-14-13-19-12-11-18-16(19)15-9-7-6-8-10-15/h6-12H,13-14H2,1-5H3. The lowest BCUT2D eigenvalue weighted by atomic mass is 10.2. The summed E-state index contributed by atoms with van der Waals surface area (Å²) in [5.41, 5.74) is 1.15. The summed E-state index contributed by atoms with van der Waals surface area (Å²) in [6.45, 7) is 13.0. The molecule has 0 unspecified atom stereocenters. The molecule has 0 saturated heterocycles. The Kier molecular flexibility index (Phi) is 4.69. The quantitative estimate of drug-likeness (QED) is 0.756. The van der Waals surface area contributed by atoms with E-state index in [1.54, 1.807) is 0 Å². The van der Waals surface area contributed by atoms with E-state index in [1.807, 2.05) is 30.6 Å². The van der Waals surface area contributed by atoms with Crippen molar-refractivity contribution >= 4 is 8.32 Å². The summed E-state index contributed by atoms with van der Waals surface area (Å²) in [5, 5.41) is 0.254. The third-order valence-corrected chi connectivity index (χ3v) is 8.89. The number of imidazole rings is 1. The first-order chi connectivity index (χ1) is 9.81. The van der Waals surface area contributed by atoms with Crippen LogP contribution >= 0.6 is 0 Å². The van der Waals surface area contributed by atoms with Crippen molar-refractivity contribution < 1.29 is 4.43 Å². The van der Waals surface area contributed by atoms with E-state index >= 15 is 0 Å². The van der Waals surface area contributed by atoms with Crippen LogP contribution in [0.15, 0.2) is 42.7 Å². The summed E-state index contributed by atoms with van der Waals surface area (Å²) in [5.74, 6) is 1.01. The molecule has 0 atom stereocenters. The Balaban J connectivity index is 2.02. The predicted molar refractivity (Wildman–Crippen MR) is 90.8 cm³/mol. The predicted octanol–water partition coefficient (Wildman–Crippen LogP) is 4.57. The van der Waals surface area contributed by atoms with Crippen LogP contribution < -0.4 is 0 Å². The molecule has 114 valence electrons. The van der Waals surface area contributed by atoms with Gasteiger partial charge in [-0.25, -0.2) is 4.98 Å². The lowest BCUT2D eigenvalue weighted by molar-refractivity contribution is 0.272. The van der Waals surface area contributed by atoms with Gasteiger partial charge in [0, 0.05) is 24.5 Å². The molecule has 0 N–H and O–H groups in total. The monoisotopic (exact) mass is 302 g/mol. The van der Waals surface area contributed by atoms with E-state index in [9.17, 15) is 0 Å². The molecule has 2 aromatic rings. The number of hydrogen-bond acceptors (Lipinski definition) is 2. The molecule has 0 aliphatic carbocycles. The minimum atomic E-state index is -1.67. The zero-order chi connectivity index (χ0) is 15.5. The minimum absolute atomic E-state index is 0.254. The van der Waals surface area contributed by atoms with Gasteiger partial charge in [0.1, 0.15) is 5.82 Å². The molecular weight excluding hydrogens is 276 g/mol. The van der Waals surface area contributed by atoms with Crippen molar-refractivity contribution in [3.05, 3.63) is 42.7 Å². The normalized spacial score (nSPS) is 12.6. The largest absolute Gasteiger partial charge is 0.415 e. The highest BCUT2D eigenvalue weighted by Gasteiger charge is 2.36. The molecule has 1 aromatic carbocycles. The fourth-order valence-electron chi connectivity index (χ4n) is 1.95. The van der Waals surface area contributed by atoms with E-state index in [-0.39, 0.29) is 5.04 Å². The van der Waals surface area contributed by atoms with E-state index < -0.39 is 8.32 Å². The van der Waals surface area contributed by atoms with Crippen molar-refractivity contribution in [2.45, 2.75) is 45.4 Å². The summed E-state index contributed by atoms with van der Waals surface area (Å²) >= 11 is 0. The summed E-state index contributed by atoms with van der Waals surface area (Å²) in [4.78, 5) is 4.47. The van der Waals surface area contributed by atoms with Crippen molar-refractivity contribution in [3.8, 4) is 11.4 Å². The van der Waals surface area contributed by atoms with Gasteiger partial charge in [-0.2, -0.15) is 0 Å². The Morgan fingerprint density at radius 2 is 1.81 bits per heavy atom. The van der Waals surface area contributed by atoms with Gasteiger partial charge in [0.25, 0.3) is 0 Å². The van der Waals surface area contributed by atoms with E-state index in [2.05, 4.69) is 55.5 Å². The van der Waals surface area contributed by atoms with E-state index in [0.717, 1.165) is 24.5 Å². The fourth-order valence-corrected chi connectivity index (χ4v) is 2.99. The zero-order valence-electron chi connectivity index (χ0n) is 13.8. The maximum Gasteiger partial charge on any atom is 0.192 e. The molecule has 0 amide bonds. The fraction of sp³-hybridized carbons (Fsp3) is 0.471. The second kappa shape index (κ2) is 6.16. The van der Waals surface area contributed by atoms with Crippen LogP contribution in [0.1, 0.15) is 20.8 Å². The molecule has 0 aliphatic rings. The van der Waals surface area contributed by atoms with Crippen molar-refractivity contribution in [2.24, 2.45) is 0 Å². The lowest BCUT2D eigenvalue weighted by Crippen LogP contribution is -2.41. The van der Waals surface area contributed by atoms with Gasteiger partial charge >= 0.3 is 0 Å². The van der Waals surface area contributed by atoms with Gasteiger partial charge in [0.2, 0.25) is 0 Å². The molecule has 1 aromatic heterocycles. The smallest absolute Gasteiger partial charge is 0.192 e. The Morgan fingerprint density at radius 3 is 2.43 bits per heavy atom. The molecule has 2 rings (SSSR count). The first-order valence-corrected chi connectivity index (χ1v) is 10.4. The van der Waals surface area contributed by atoms with Gasteiger partial charge in [-0.05, 0) is 18.1 Å². The van der Waals surface area contributed by atoms with Crippen LogP contribution in [0.3, 0.4) is 0 Å². The molecule has 0 saturated carbocycles. The number of aromatic nitrogens is 2. The summed E-state index contributed by atoms with van der Waals surface area (Å²) in [7, 11) is -1.67. The summed E-state index contributed by atoms with van der Waals surface area (Å²) in [6.07, 6.45) is 3.88. The Bertz CT molecular complexity index is 570. The second-order valence-electron chi connectivity index (χ2n) is 6.92. The Hall–Kier alpha value is -1.39. The Labute approximate surface area is 129 Å². The van der Waals surface area contributed by atoms with Crippen molar-refractivity contribution in [1.82, 2.24) is 9.55 Å². The highest BCUT2D eigenvalue weighted by atomic mass is 28.4. The van der Waals surface area contributed by atoms with E-state index in [1.165, 1.54) is 0 Å². The average molecular weight is 302 g/mol. The molecule has 1 heterocycles.